The summed E-state index contributed by atoms with van der Waals surface area (Å²) in [6, 6.07) is 0. The van der Waals surface area contributed by atoms with Crippen molar-refractivity contribution in [3.05, 3.63) is 46.8 Å². The first-order chi connectivity index (χ1) is 7.77. The molecule has 17 heavy (non-hydrogen) atoms. The maximum Gasteiger partial charge on any atom is 0.200 e. The summed E-state index contributed by atoms with van der Waals surface area (Å²) in [7, 11) is 0. The summed E-state index contributed by atoms with van der Waals surface area (Å²) in [6.45, 7) is 4.71. The van der Waals surface area contributed by atoms with E-state index in [9.17, 15) is 26.7 Å². The maximum atomic E-state index is 13.1. The van der Waals surface area contributed by atoms with E-state index >= 15 is 0 Å². The minimum atomic E-state index is -2.29. The fourth-order valence-electron chi connectivity index (χ4n) is 1.21. The highest BCUT2D eigenvalue weighted by Gasteiger charge is 2.29. The van der Waals surface area contributed by atoms with Crippen LogP contribution < -0.4 is 0 Å². The summed E-state index contributed by atoms with van der Waals surface area (Å²) in [5.74, 6) is -12.0. The maximum absolute atomic E-state index is 13.1. The van der Waals surface area contributed by atoms with E-state index in [2.05, 4.69) is 6.58 Å². The molecule has 0 amide bonds. The van der Waals surface area contributed by atoms with E-state index in [4.69, 9.17) is 0 Å². The van der Waals surface area contributed by atoms with Gasteiger partial charge in [-0.25, -0.2) is 22.0 Å². The van der Waals surface area contributed by atoms with Gasteiger partial charge in [-0.05, 0) is 6.92 Å². The molecular weight excluding hydrogens is 243 g/mol. The molecular formula is C11H7F5O. The van der Waals surface area contributed by atoms with E-state index in [1.165, 1.54) is 6.92 Å². The molecule has 0 aliphatic rings. The Morgan fingerprint density at radius 1 is 0.941 bits per heavy atom. The van der Waals surface area contributed by atoms with Gasteiger partial charge in [0.05, 0.1) is 5.56 Å². The third-order valence-corrected chi connectivity index (χ3v) is 1.95. The molecule has 0 aliphatic heterocycles. The second-order valence-corrected chi connectivity index (χ2v) is 3.50. The largest absolute Gasteiger partial charge is 0.294 e. The molecule has 6 heteroatoms. The number of carbonyl (C=O) groups excluding carboxylic acids is 1. The minimum Gasteiger partial charge on any atom is -0.294 e. The van der Waals surface area contributed by atoms with Gasteiger partial charge in [-0.3, -0.25) is 4.79 Å². The Balaban J connectivity index is 3.44. The summed E-state index contributed by atoms with van der Waals surface area (Å²) in [5.41, 5.74) is -1.18. The third-order valence-electron chi connectivity index (χ3n) is 1.95. The lowest BCUT2D eigenvalue weighted by atomic mass is 10.0. The highest BCUT2D eigenvalue weighted by Crippen LogP contribution is 2.24. The zero-order valence-electron chi connectivity index (χ0n) is 8.71. The van der Waals surface area contributed by atoms with Crippen LogP contribution in [-0.2, 0) is 0 Å². The first kappa shape index (κ1) is 13.3. The molecule has 0 heterocycles. The van der Waals surface area contributed by atoms with Crippen molar-refractivity contribution >= 4 is 5.78 Å². The molecule has 0 aliphatic carbocycles. The van der Waals surface area contributed by atoms with E-state index in [0.717, 1.165) is 0 Å². The van der Waals surface area contributed by atoms with Crippen LogP contribution in [0.25, 0.3) is 0 Å². The number of Topliss-reactive ketones (excluding diaryl/α,β-unsaturated/α-hetero) is 1. The highest BCUT2D eigenvalue weighted by molar-refractivity contribution is 5.98. The molecule has 0 aromatic heterocycles. The fraction of sp³-hybridized carbons (Fsp3) is 0.182. The molecule has 1 aromatic carbocycles. The number of benzene rings is 1. The van der Waals surface area contributed by atoms with Crippen molar-refractivity contribution in [1.29, 1.82) is 0 Å². The van der Waals surface area contributed by atoms with Gasteiger partial charge in [0.2, 0.25) is 5.82 Å². The first-order valence-electron chi connectivity index (χ1n) is 4.46. The molecule has 0 saturated heterocycles. The van der Waals surface area contributed by atoms with Crippen LogP contribution in [-0.4, -0.2) is 5.78 Å². The van der Waals surface area contributed by atoms with Gasteiger partial charge in [-0.2, -0.15) is 0 Å². The Hall–Kier alpha value is -1.72. The quantitative estimate of drug-likeness (QED) is 0.264. The molecule has 0 atom stereocenters. The summed E-state index contributed by atoms with van der Waals surface area (Å²) >= 11 is 0. The topological polar surface area (TPSA) is 17.1 Å². The fourth-order valence-corrected chi connectivity index (χ4v) is 1.21. The van der Waals surface area contributed by atoms with E-state index in [1.54, 1.807) is 0 Å². The van der Waals surface area contributed by atoms with Crippen LogP contribution in [0.1, 0.15) is 23.7 Å². The molecule has 92 valence electrons. The lowest BCUT2D eigenvalue weighted by molar-refractivity contribution is 0.0982. The van der Waals surface area contributed by atoms with Gasteiger partial charge in [0.1, 0.15) is 0 Å². The smallest absolute Gasteiger partial charge is 0.200 e. The predicted molar refractivity (Wildman–Crippen MR) is 50.0 cm³/mol. The van der Waals surface area contributed by atoms with Crippen LogP contribution in [0.15, 0.2) is 12.2 Å². The first-order valence-corrected chi connectivity index (χ1v) is 4.46. The Kier molecular flexibility index (Phi) is 3.65. The van der Waals surface area contributed by atoms with Gasteiger partial charge in [-0.15, -0.1) is 0 Å². The van der Waals surface area contributed by atoms with E-state index < -0.39 is 46.9 Å². The average molecular weight is 250 g/mol. The molecule has 0 radical (unpaired) electrons. The van der Waals surface area contributed by atoms with Crippen LogP contribution in [0, 0.1) is 29.1 Å². The van der Waals surface area contributed by atoms with E-state index in [-0.39, 0.29) is 5.57 Å². The predicted octanol–water partition coefficient (Wildman–Crippen LogP) is 3.53. The van der Waals surface area contributed by atoms with Crippen molar-refractivity contribution in [2.45, 2.75) is 13.3 Å². The zero-order chi connectivity index (χ0) is 13.3. The molecule has 1 nitrogen and oxygen atoms in total. The van der Waals surface area contributed by atoms with Crippen LogP contribution in [0.5, 0.6) is 0 Å². The Labute approximate surface area is 93.6 Å². The van der Waals surface area contributed by atoms with Crippen molar-refractivity contribution in [1.82, 2.24) is 0 Å². The van der Waals surface area contributed by atoms with Crippen LogP contribution in [0.4, 0.5) is 22.0 Å². The number of carbonyl (C=O) groups is 1. The van der Waals surface area contributed by atoms with Gasteiger partial charge >= 0.3 is 0 Å². The number of hydrogen-bond donors (Lipinski definition) is 0. The van der Waals surface area contributed by atoms with Crippen LogP contribution in [0.2, 0.25) is 0 Å². The number of halogens is 5. The molecule has 1 aromatic rings. The lowest BCUT2D eigenvalue weighted by Gasteiger charge is -2.07. The van der Waals surface area contributed by atoms with Gasteiger partial charge in [0.15, 0.2) is 29.1 Å². The van der Waals surface area contributed by atoms with E-state index in [0.29, 0.717) is 0 Å². The summed E-state index contributed by atoms with van der Waals surface area (Å²) in [6.07, 6.45) is -0.488. The Bertz CT molecular complexity index is 478. The highest BCUT2D eigenvalue weighted by atomic mass is 19.2. The van der Waals surface area contributed by atoms with Crippen molar-refractivity contribution in [3.8, 4) is 0 Å². The van der Waals surface area contributed by atoms with Crippen molar-refractivity contribution in [2.75, 3.05) is 0 Å². The third kappa shape index (κ3) is 2.35. The zero-order valence-corrected chi connectivity index (χ0v) is 8.71. The molecule has 0 N–H and O–H groups in total. The van der Waals surface area contributed by atoms with Gasteiger partial charge in [-0.1, -0.05) is 12.2 Å². The summed E-state index contributed by atoms with van der Waals surface area (Å²) < 4.78 is 64.5. The SMILES string of the molecule is C=C(C)CC(=O)c1c(F)c(F)c(F)c(F)c1F. The lowest BCUT2D eigenvalue weighted by Crippen LogP contribution is -2.12. The average Bonchev–Trinajstić information content (AvgIpc) is 2.23. The molecule has 0 spiro atoms. The van der Waals surface area contributed by atoms with Crippen molar-refractivity contribution < 1.29 is 26.7 Å². The van der Waals surface area contributed by atoms with Gasteiger partial charge < -0.3 is 0 Å². The number of rotatable bonds is 3. The van der Waals surface area contributed by atoms with Crippen molar-refractivity contribution in [2.24, 2.45) is 0 Å². The standard InChI is InChI=1S/C11H7F5O/c1-4(2)3-5(17)6-7(12)9(14)11(16)10(15)8(6)13/h1,3H2,2H3. The molecule has 0 bridgehead atoms. The van der Waals surface area contributed by atoms with E-state index in [1.807, 2.05) is 0 Å². The number of allylic oxidation sites excluding steroid dienone is 1. The summed E-state index contributed by atoms with van der Waals surface area (Å²) in [5, 5.41) is 0. The second-order valence-electron chi connectivity index (χ2n) is 3.50. The summed E-state index contributed by atoms with van der Waals surface area (Å²) in [4.78, 5) is 11.3. The van der Waals surface area contributed by atoms with Crippen LogP contribution in [0.3, 0.4) is 0 Å². The second kappa shape index (κ2) is 4.65. The number of hydrogen-bond acceptors (Lipinski definition) is 1. The normalized spacial score (nSPS) is 10.5. The minimum absolute atomic E-state index is 0.249. The van der Waals surface area contributed by atoms with Gasteiger partial charge in [0, 0.05) is 6.42 Å². The Morgan fingerprint density at radius 3 is 1.65 bits per heavy atom. The number of ketones is 1. The van der Waals surface area contributed by atoms with Crippen molar-refractivity contribution in [3.63, 3.8) is 0 Å². The Morgan fingerprint density at radius 2 is 1.29 bits per heavy atom. The van der Waals surface area contributed by atoms with Gasteiger partial charge in [0.25, 0.3) is 0 Å². The van der Waals surface area contributed by atoms with Crippen LogP contribution >= 0.6 is 0 Å². The molecule has 0 saturated carbocycles. The monoisotopic (exact) mass is 250 g/mol. The molecule has 0 fully saturated rings. The molecule has 0 unspecified atom stereocenters. The molecule has 1 rings (SSSR count).